The number of aryl methyl sites for hydroxylation is 2. The van der Waals surface area contributed by atoms with E-state index in [1.807, 2.05) is 32.0 Å². The van der Waals surface area contributed by atoms with Gasteiger partial charge in [-0.1, -0.05) is 40.9 Å². The Labute approximate surface area is 184 Å². The quantitative estimate of drug-likeness (QED) is 0.532. The fourth-order valence-electron chi connectivity index (χ4n) is 2.72. The zero-order valence-electron chi connectivity index (χ0n) is 16.7. The highest BCUT2D eigenvalue weighted by atomic mass is 35.5. The first-order chi connectivity index (χ1) is 14.2. The number of nitrogens with one attached hydrogen (secondary N) is 1. The number of carbonyl (C=O) groups excluding carboxylic acids is 2. The Bertz CT molecular complexity index is 1100. The summed E-state index contributed by atoms with van der Waals surface area (Å²) < 4.78 is 10.7. The third-order valence-electron chi connectivity index (χ3n) is 4.31. The minimum atomic E-state index is -1.000. The minimum absolute atomic E-state index is 0.226. The molecule has 1 atom stereocenters. The molecular formula is C22H20Cl2N2O4. The van der Waals surface area contributed by atoms with E-state index in [-0.39, 0.29) is 10.8 Å². The van der Waals surface area contributed by atoms with Gasteiger partial charge in [0.05, 0.1) is 10.0 Å². The molecule has 3 rings (SSSR count). The highest BCUT2D eigenvalue weighted by Gasteiger charge is 2.20. The Morgan fingerprint density at radius 2 is 1.77 bits per heavy atom. The number of aromatic nitrogens is 1. The van der Waals surface area contributed by atoms with Crippen LogP contribution in [0.1, 0.15) is 18.2 Å². The van der Waals surface area contributed by atoms with Gasteiger partial charge in [-0.25, -0.2) is 9.78 Å². The monoisotopic (exact) mass is 446 g/mol. The van der Waals surface area contributed by atoms with Gasteiger partial charge < -0.3 is 14.8 Å². The number of hydrogen-bond donors (Lipinski definition) is 1. The number of anilines is 1. The maximum Gasteiger partial charge on any atom is 0.344 e. The highest BCUT2D eigenvalue weighted by molar-refractivity contribution is 6.39. The smallest absolute Gasteiger partial charge is 0.344 e. The van der Waals surface area contributed by atoms with E-state index < -0.39 is 24.6 Å². The van der Waals surface area contributed by atoms with Gasteiger partial charge in [0, 0.05) is 16.8 Å². The largest absolute Gasteiger partial charge is 0.478 e. The Morgan fingerprint density at radius 3 is 2.47 bits per heavy atom. The molecule has 1 heterocycles. The molecule has 8 heteroatoms. The van der Waals surface area contributed by atoms with Crippen LogP contribution in [0.5, 0.6) is 5.75 Å². The molecule has 0 fully saturated rings. The van der Waals surface area contributed by atoms with Crippen molar-refractivity contribution >= 4 is 51.7 Å². The van der Waals surface area contributed by atoms with E-state index in [2.05, 4.69) is 10.3 Å². The van der Waals surface area contributed by atoms with Gasteiger partial charge in [0.25, 0.3) is 5.91 Å². The zero-order chi connectivity index (χ0) is 21.8. The van der Waals surface area contributed by atoms with Crippen molar-refractivity contribution in [3.8, 4) is 5.75 Å². The standard InChI is InChI=1S/C22H20Cl2N2O4/c1-12-4-7-15(8-5-12)26-22(28)14(3)30-19(27)11-29-21-18(24)10-17(23)16-9-6-13(2)25-20(16)21/h4-10,14H,11H2,1-3H3,(H,26,28)/t14-/m0/s1. The molecule has 0 bridgehead atoms. The first-order valence-corrected chi connectivity index (χ1v) is 9.95. The van der Waals surface area contributed by atoms with E-state index in [0.29, 0.717) is 21.6 Å². The number of esters is 1. The molecule has 0 spiro atoms. The van der Waals surface area contributed by atoms with Crippen molar-refractivity contribution in [2.45, 2.75) is 26.9 Å². The molecule has 1 N–H and O–H groups in total. The van der Waals surface area contributed by atoms with Gasteiger partial charge in [0.15, 0.2) is 18.5 Å². The van der Waals surface area contributed by atoms with Crippen molar-refractivity contribution in [3.05, 3.63) is 63.8 Å². The molecule has 3 aromatic rings. The average Bonchev–Trinajstić information content (AvgIpc) is 2.69. The van der Waals surface area contributed by atoms with E-state index in [9.17, 15) is 9.59 Å². The van der Waals surface area contributed by atoms with Gasteiger partial charge in [0.1, 0.15) is 5.52 Å². The van der Waals surface area contributed by atoms with Gasteiger partial charge in [-0.05, 0) is 51.1 Å². The van der Waals surface area contributed by atoms with Crippen molar-refractivity contribution in [1.29, 1.82) is 0 Å². The van der Waals surface area contributed by atoms with Crippen LogP contribution < -0.4 is 10.1 Å². The summed E-state index contributed by atoms with van der Waals surface area (Å²) in [5.74, 6) is -0.929. The molecule has 0 saturated carbocycles. The number of amides is 1. The number of halogens is 2. The van der Waals surface area contributed by atoms with Crippen LogP contribution in [0.3, 0.4) is 0 Å². The van der Waals surface area contributed by atoms with Crippen molar-refractivity contribution < 1.29 is 19.1 Å². The predicted molar refractivity (Wildman–Crippen MR) is 117 cm³/mol. The third-order valence-corrected chi connectivity index (χ3v) is 4.90. The Morgan fingerprint density at radius 1 is 1.07 bits per heavy atom. The van der Waals surface area contributed by atoms with Gasteiger partial charge in [0.2, 0.25) is 0 Å². The molecule has 0 radical (unpaired) electrons. The fourth-order valence-corrected chi connectivity index (χ4v) is 3.29. The number of hydrogen-bond acceptors (Lipinski definition) is 5. The van der Waals surface area contributed by atoms with Crippen LogP contribution in [0.2, 0.25) is 10.0 Å². The van der Waals surface area contributed by atoms with E-state index in [1.54, 1.807) is 18.2 Å². The molecule has 2 aromatic carbocycles. The summed E-state index contributed by atoms with van der Waals surface area (Å²) in [6.07, 6.45) is -1.000. The maximum atomic E-state index is 12.2. The maximum absolute atomic E-state index is 12.2. The number of pyridine rings is 1. The van der Waals surface area contributed by atoms with Crippen LogP contribution in [-0.4, -0.2) is 29.6 Å². The third kappa shape index (κ3) is 5.20. The lowest BCUT2D eigenvalue weighted by molar-refractivity contribution is -0.155. The number of nitrogens with zero attached hydrogens (tertiary/aromatic N) is 1. The van der Waals surface area contributed by atoms with Crippen LogP contribution in [0.15, 0.2) is 42.5 Å². The zero-order valence-corrected chi connectivity index (χ0v) is 18.2. The van der Waals surface area contributed by atoms with E-state index in [0.717, 1.165) is 11.3 Å². The molecule has 0 aliphatic carbocycles. The van der Waals surface area contributed by atoms with Crippen LogP contribution in [0.25, 0.3) is 10.9 Å². The lowest BCUT2D eigenvalue weighted by Gasteiger charge is -2.15. The van der Waals surface area contributed by atoms with Gasteiger partial charge in [-0.15, -0.1) is 0 Å². The molecule has 0 aliphatic rings. The molecule has 0 saturated heterocycles. The Hall–Kier alpha value is -2.83. The van der Waals surface area contributed by atoms with Gasteiger partial charge in [-0.2, -0.15) is 0 Å². The number of ether oxygens (including phenoxy) is 2. The van der Waals surface area contributed by atoms with E-state index in [1.165, 1.54) is 13.0 Å². The SMILES string of the molecule is Cc1ccc(NC(=O)[C@H](C)OC(=O)COc2c(Cl)cc(Cl)c3ccc(C)nc23)cc1. The molecular weight excluding hydrogens is 427 g/mol. The van der Waals surface area contributed by atoms with E-state index >= 15 is 0 Å². The average molecular weight is 447 g/mol. The summed E-state index contributed by atoms with van der Waals surface area (Å²) in [4.78, 5) is 28.8. The summed E-state index contributed by atoms with van der Waals surface area (Å²) in [7, 11) is 0. The van der Waals surface area contributed by atoms with Crippen LogP contribution in [0, 0.1) is 13.8 Å². The molecule has 1 amide bonds. The van der Waals surface area contributed by atoms with Crippen molar-refractivity contribution in [3.63, 3.8) is 0 Å². The second kappa shape index (κ2) is 9.32. The van der Waals surface area contributed by atoms with Gasteiger partial charge in [-0.3, -0.25) is 4.79 Å². The van der Waals surface area contributed by atoms with Crippen LogP contribution >= 0.6 is 23.2 Å². The summed E-state index contributed by atoms with van der Waals surface area (Å²) >= 11 is 12.4. The number of benzene rings is 2. The fraction of sp³-hybridized carbons (Fsp3) is 0.227. The minimum Gasteiger partial charge on any atom is -0.478 e. The second-order valence-electron chi connectivity index (χ2n) is 6.79. The van der Waals surface area contributed by atoms with E-state index in [4.69, 9.17) is 32.7 Å². The summed E-state index contributed by atoms with van der Waals surface area (Å²) in [6, 6.07) is 12.4. The summed E-state index contributed by atoms with van der Waals surface area (Å²) in [6.45, 7) is 4.81. The number of carbonyl (C=O) groups is 2. The summed E-state index contributed by atoms with van der Waals surface area (Å²) in [5.41, 5.74) is 2.88. The predicted octanol–water partition coefficient (Wildman–Crippen LogP) is 5.11. The van der Waals surface area contributed by atoms with Crippen LogP contribution in [0.4, 0.5) is 5.69 Å². The molecule has 156 valence electrons. The van der Waals surface area contributed by atoms with Crippen molar-refractivity contribution in [2.24, 2.45) is 0 Å². The normalized spacial score (nSPS) is 11.8. The summed E-state index contributed by atoms with van der Waals surface area (Å²) in [5, 5.41) is 4.00. The molecule has 0 aliphatic heterocycles. The number of rotatable bonds is 6. The Kier molecular flexibility index (Phi) is 6.80. The van der Waals surface area contributed by atoms with Crippen molar-refractivity contribution in [2.75, 3.05) is 11.9 Å². The first-order valence-electron chi connectivity index (χ1n) is 9.20. The first kappa shape index (κ1) is 21.9. The number of fused-ring (bicyclic) bond motifs is 1. The molecule has 1 aromatic heterocycles. The van der Waals surface area contributed by atoms with Gasteiger partial charge >= 0.3 is 5.97 Å². The lowest BCUT2D eigenvalue weighted by Crippen LogP contribution is -2.31. The second-order valence-corrected chi connectivity index (χ2v) is 7.61. The lowest BCUT2D eigenvalue weighted by atomic mass is 10.2. The molecule has 30 heavy (non-hydrogen) atoms. The molecule has 0 unspecified atom stereocenters. The highest BCUT2D eigenvalue weighted by Crippen LogP contribution is 2.37. The Balaban J connectivity index is 1.63. The molecule has 6 nitrogen and oxygen atoms in total. The van der Waals surface area contributed by atoms with Crippen molar-refractivity contribution in [1.82, 2.24) is 4.98 Å². The topological polar surface area (TPSA) is 77.5 Å². The van der Waals surface area contributed by atoms with Crippen LogP contribution in [-0.2, 0) is 14.3 Å².